The average Bonchev–Trinajstić information content (AvgIpc) is 3.20. The van der Waals surface area contributed by atoms with Gasteiger partial charge in [0.2, 0.25) is 11.7 Å². The SMILES string of the molecule is CCN(Cc1nc(-c2ccc(OC)cc2)no1)C(=O)c1cccc(OC(C)C)c1. The van der Waals surface area contributed by atoms with Gasteiger partial charge in [0.1, 0.15) is 18.0 Å². The van der Waals surface area contributed by atoms with Gasteiger partial charge in [-0.15, -0.1) is 0 Å². The van der Waals surface area contributed by atoms with Crippen molar-refractivity contribution in [1.82, 2.24) is 15.0 Å². The molecule has 1 aromatic heterocycles. The highest BCUT2D eigenvalue weighted by atomic mass is 16.5. The number of nitrogens with zero attached hydrogens (tertiary/aromatic N) is 3. The Balaban J connectivity index is 1.72. The molecular formula is C22H25N3O4. The Bertz CT molecular complexity index is 951. The van der Waals surface area contributed by atoms with Crippen molar-refractivity contribution in [2.45, 2.75) is 33.4 Å². The molecule has 0 atom stereocenters. The van der Waals surface area contributed by atoms with E-state index in [1.54, 1.807) is 24.1 Å². The van der Waals surface area contributed by atoms with Crippen LogP contribution < -0.4 is 9.47 Å². The molecule has 1 heterocycles. The van der Waals surface area contributed by atoms with E-state index in [0.29, 0.717) is 29.6 Å². The first-order chi connectivity index (χ1) is 14.0. The van der Waals surface area contributed by atoms with Crippen molar-refractivity contribution < 1.29 is 18.8 Å². The van der Waals surface area contributed by atoms with Crippen molar-refractivity contribution in [3.05, 3.63) is 60.0 Å². The highest BCUT2D eigenvalue weighted by Crippen LogP contribution is 2.21. The summed E-state index contributed by atoms with van der Waals surface area (Å²) >= 11 is 0. The average molecular weight is 395 g/mol. The number of benzene rings is 2. The third kappa shape index (κ3) is 5.13. The van der Waals surface area contributed by atoms with E-state index in [4.69, 9.17) is 14.0 Å². The maximum absolute atomic E-state index is 12.9. The van der Waals surface area contributed by atoms with Gasteiger partial charge in [-0.3, -0.25) is 4.79 Å². The molecule has 7 nitrogen and oxygen atoms in total. The van der Waals surface area contributed by atoms with Gasteiger partial charge in [0.05, 0.1) is 13.2 Å². The summed E-state index contributed by atoms with van der Waals surface area (Å²) in [5.41, 5.74) is 1.37. The molecule has 2 aromatic carbocycles. The summed E-state index contributed by atoms with van der Waals surface area (Å²) in [6, 6.07) is 14.6. The molecule has 7 heteroatoms. The number of carbonyl (C=O) groups excluding carboxylic acids is 1. The monoisotopic (exact) mass is 395 g/mol. The number of carbonyl (C=O) groups is 1. The van der Waals surface area contributed by atoms with Gasteiger partial charge in [-0.2, -0.15) is 4.98 Å². The predicted molar refractivity (Wildman–Crippen MR) is 109 cm³/mol. The molecule has 0 saturated heterocycles. The van der Waals surface area contributed by atoms with Gasteiger partial charge in [-0.1, -0.05) is 11.2 Å². The summed E-state index contributed by atoms with van der Waals surface area (Å²) < 4.78 is 16.2. The van der Waals surface area contributed by atoms with Crippen molar-refractivity contribution in [1.29, 1.82) is 0 Å². The first-order valence-corrected chi connectivity index (χ1v) is 9.53. The lowest BCUT2D eigenvalue weighted by Crippen LogP contribution is -2.30. The minimum atomic E-state index is -0.120. The Hall–Kier alpha value is -3.35. The Morgan fingerprint density at radius 1 is 1.14 bits per heavy atom. The van der Waals surface area contributed by atoms with Crippen LogP contribution in [0, 0.1) is 0 Å². The molecule has 0 unspecified atom stereocenters. The number of aromatic nitrogens is 2. The minimum Gasteiger partial charge on any atom is -0.497 e. The second kappa shape index (κ2) is 9.23. The molecule has 152 valence electrons. The maximum atomic E-state index is 12.9. The topological polar surface area (TPSA) is 77.7 Å². The normalized spacial score (nSPS) is 10.8. The second-order valence-corrected chi connectivity index (χ2v) is 6.75. The van der Waals surface area contributed by atoms with Crippen LogP contribution >= 0.6 is 0 Å². The summed E-state index contributed by atoms with van der Waals surface area (Å²) in [5, 5.41) is 4.02. The Labute approximate surface area is 170 Å². The Morgan fingerprint density at radius 3 is 2.55 bits per heavy atom. The fraction of sp³-hybridized carbons (Fsp3) is 0.318. The third-order valence-corrected chi connectivity index (χ3v) is 4.26. The molecule has 0 aliphatic heterocycles. The number of rotatable bonds is 8. The van der Waals surface area contributed by atoms with Crippen LogP contribution in [0.25, 0.3) is 11.4 Å². The largest absolute Gasteiger partial charge is 0.497 e. The number of hydrogen-bond acceptors (Lipinski definition) is 6. The Kier molecular flexibility index (Phi) is 6.49. The van der Waals surface area contributed by atoms with E-state index < -0.39 is 0 Å². The first kappa shape index (κ1) is 20.4. The number of amides is 1. The number of ether oxygens (including phenoxy) is 2. The summed E-state index contributed by atoms with van der Waals surface area (Å²) in [7, 11) is 1.61. The molecule has 0 bridgehead atoms. The van der Waals surface area contributed by atoms with Crippen molar-refractivity contribution in [3.63, 3.8) is 0 Å². The van der Waals surface area contributed by atoms with Crippen LogP contribution in [0.15, 0.2) is 53.1 Å². The van der Waals surface area contributed by atoms with Crippen LogP contribution in [0.2, 0.25) is 0 Å². The number of hydrogen-bond donors (Lipinski definition) is 0. The van der Waals surface area contributed by atoms with E-state index in [0.717, 1.165) is 11.3 Å². The van der Waals surface area contributed by atoms with E-state index in [-0.39, 0.29) is 18.6 Å². The smallest absolute Gasteiger partial charge is 0.254 e. The molecule has 0 spiro atoms. The molecular weight excluding hydrogens is 370 g/mol. The lowest BCUT2D eigenvalue weighted by atomic mass is 10.2. The van der Waals surface area contributed by atoms with E-state index >= 15 is 0 Å². The lowest BCUT2D eigenvalue weighted by Gasteiger charge is -2.19. The molecule has 0 N–H and O–H groups in total. The molecule has 0 saturated carbocycles. The van der Waals surface area contributed by atoms with E-state index in [2.05, 4.69) is 10.1 Å². The van der Waals surface area contributed by atoms with E-state index in [9.17, 15) is 4.79 Å². The van der Waals surface area contributed by atoms with Gasteiger partial charge >= 0.3 is 0 Å². The molecule has 3 aromatic rings. The van der Waals surface area contributed by atoms with Crippen LogP contribution in [-0.4, -0.2) is 40.7 Å². The molecule has 0 fully saturated rings. The molecule has 0 aliphatic rings. The summed E-state index contributed by atoms with van der Waals surface area (Å²) in [5.74, 6) is 2.15. The third-order valence-electron chi connectivity index (χ3n) is 4.26. The number of methoxy groups -OCH3 is 1. The predicted octanol–water partition coefficient (Wildman–Crippen LogP) is 4.19. The van der Waals surface area contributed by atoms with Crippen LogP contribution in [0.5, 0.6) is 11.5 Å². The first-order valence-electron chi connectivity index (χ1n) is 9.53. The molecule has 1 amide bonds. The minimum absolute atomic E-state index is 0.0393. The zero-order valence-corrected chi connectivity index (χ0v) is 17.1. The molecule has 29 heavy (non-hydrogen) atoms. The summed E-state index contributed by atoms with van der Waals surface area (Å²) in [6.07, 6.45) is 0.0393. The summed E-state index contributed by atoms with van der Waals surface area (Å²) in [4.78, 5) is 19.0. The van der Waals surface area contributed by atoms with Crippen molar-refractivity contribution in [3.8, 4) is 22.9 Å². The quantitative estimate of drug-likeness (QED) is 0.569. The second-order valence-electron chi connectivity index (χ2n) is 6.75. The van der Waals surface area contributed by atoms with Crippen LogP contribution in [-0.2, 0) is 6.54 Å². The van der Waals surface area contributed by atoms with E-state index in [1.165, 1.54) is 0 Å². The van der Waals surface area contributed by atoms with Gasteiger partial charge in [0.15, 0.2) is 0 Å². The van der Waals surface area contributed by atoms with Gasteiger partial charge in [0, 0.05) is 17.7 Å². The van der Waals surface area contributed by atoms with Crippen molar-refractivity contribution in [2.75, 3.05) is 13.7 Å². The van der Waals surface area contributed by atoms with Crippen molar-refractivity contribution >= 4 is 5.91 Å². The van der Waals surface area contributed by atoms with Gasteiger partial charge in [-0.05, 0) is 63.2 Å². The molecule has 3 rings (SSSR count). The van der Waals surface area contributed by atoms with Gasteiger partial charge in [0.25, 0.3) is 5.91 Å². The molecule has 0 aliphatic carbocycles. The Morgan fingerprint density at radius 2 is 1.90 bits per heavy atom. The van der Waals surface area contributed by atoms with Gasteiger partial charge < -0.3 is 18.9 Å². The maximum Gasteiger partial charge on any atom is 0.254 e. The van der Waals surface area contributed by atoms with Crippen LogP contribution in [0.3, 0.4) is 0 Å². The summed E-state index contributed by atoms with van der Waals surface area (Å²) in [6.45, 7) is 6.54. The zero-order chi connectivity index (χ0) is 20.8. The van der Waals surface area contributed by atoms with Crippen molar-refractivity contribution in [2.24, 2.45) is 0 Å². The standard InChI is InChI=1S/C22H25N3O4/c1-5-25(22(26)17-7-6-8-19(13-17)28-15(2)3)14-20-23-21(24-29-20)16-9-11-18(27-4)12-10-16/h6-13,15H,5,14H2,1-4H3. The lowest BCUT2D eigenvalue weighted by molar-refractivity contribution is 0.0733. The van der Waals surface area contributed by atoms with Gasteiger partial charge in [-0.25, -0.2) is 0 Å². The fourth-order valence-corrected chi connectivity index (χ4v) is 2.82. The van der Waals surface area contributed by atoms with Crippen LogP contribution in [0.1, 0.15) is 37.0 Å². The van der Waals surface area contributed by atoms with E-state index in [1.807, 2.05) is 57.2 Å². The zero-order valence-electron chi connectivity index (χ0n) is 17.1. The highest BCUT2D eigenvalue weighted by molar-refractivity contribution is 5.94. The molecule has 0 radical (unpaired) electrons. The highest BCUT2D eigenvalue weighted by Gasteiger charge is 2.19. The fourth-order valence-electron chi connectivity index (χ4n) is 2.82. The van der Waals surface area contributed by atoms with Crippen LogP contribution in [0.4, 0.5) is 0 Å².